The van der Waals surface area contributed by atoms with Crippen LogP contribution in [0.2, 0.25) is 0 Å². The lowest BCUT2D eigenvalue weighted by Crippen LogP contribution is -2.42. The van der Waals surface area contributed by atoms with E-state index >= 15 is 0 Å². The predicted molar refractivity (Wildman–Crippen MR) is 115 cm³/mol. The Labute approximate surface area is 172 Å². The van der Waals surface area contributed by atoms with Gasteiger partial charge in [0.25, 0.3) is 0 Å². The molecule has 0 radical (unpaired) electrons. The highest BCUT2D eigenvalue weighted by molar-refractivity contribution is 14.0. The van der Waals surface area contributed by atoms with Crippen molar-refractivity contribution in [3.63, 3.8) is 0 Å². The van der Waals surface area contributed by atoms with Gasteiger partial charge in [-0.25, -0.2) is 0 Å². The zero-order valence-corrected chi connectivity index (χ0v) is 18.1. The van der Waals surface area contributed by atoms with Crippen LogP contribution in [0.15, 0.2) is 41.7 Å². The van der Waals surface area contributed by atoms with Crippen LogP contribution in [-0.2, 0) is 13.5 Å². The first-order valence-electron chi connectivity index (χ1n) is 8.33. The molecule has 0 fully saturated rings. The number of hydrogen-bond donors (Lipinski definition) is 2. The summed E-state index contributed by atoms with van der Waals surface area (Å²) in [5.41, 5.74) is 1.19. The molecule has 0 saturated carbocycles. The molecule has 1 atom stereocenters. The summed E-state index contributed by atoms with van der Waals surface area (Å²) in [5.74, 6) is 2.32. The molecule has 1 aromatic heterocycles. The number of ether oxygens (including phenoxy) is 2. The molecule has 0 aliphatic carbocycles. The first-order valence-corrected chi connectivity index (χ1v) is 8.33. The lowest BCUT2D eigenvalue weighted by Gasteiger charge is -2.18. The third-order valence-electron chi connectivity index (χ3n) is 3.62. The number of methoxy groups -OCH3 is 1. The topological polar surface area (TPSA) is 72.7 Å². The van der Waals surface area contributed by atoms with Crippen LogP contribution in [0.3, 0.4) is 0 Å². The van der Waals surface area contributed by atoms with Gasteiger partial charge in [0.05, 0.1) is 19.9 Å². The first kappa shape index (κ1) is 22.1. The maximum absolute atomic E-state index is 5.89. The fourth-order valence-electron chi connectivity index (χ4n) is 2.34. The Kier molecular flexibility index (Phi) is 9.85. The number of aromatic nitrogens is 2. The van der Waals surface area contributed by atoms with E-state index < -0.39 is 0 Å². The fraction of sp³-hybridized carbons (Fsp3) is 0.444. The van der Waals surface area contributed by atoms with Gasteiger partial charge in [-0.2, -0.15) is 5.10 Å². The second-order valence-corrected chi connectivity index (χ2v) is 5.76. The van der Waals surface area contributed by atoms with Crippen LogP contribution in [0.4, 0.5) is 0 Å². The number of halogens is 1. The number of nitrogens with one attached hydrogen (secondary N) is 2. The summed E-state index contributed by atoms with van der Waals surface area (Å²) in [7, 11) is 5.32. The number of aliphatic imine (C=N–C) groups is 1. The molecule has 1 unspecified atom stereocenters. The van der Waals surface area contributed by atoms with Gasteiger partial charge in [-0.15, -0.1) is 24.0 Å². The van der Waals surface area contributed by atoms with E-state index in [1.54, 1.807) is 18.8 Å². The number of rotatable bonds is 8. The molecule has 2 aromatic rings. The molecule has 26 heavy (non-hydrogen) atoms. The molecular formula is C18H28IN5O2. The average Bonchev–Trinajstić information content (AvgIpc) is 3.03. The highest BCUT2D eigenvalue weighted by atomic mass is 127. The van der Waals surface area contributed by atoms with Gasteiger partial charge < -0.3 is 20.1 Å². The van der Waals surface area contributed by atoms with Crippen LogP contribution >= 0.6 is 24.0 Å². The Morgan fingerprint density at radius 2 is 2.08 bits per heavy atom. The van der Waals surface area contributed by atoms with Gasteiger partial charge in [-0.1, -0.05) is 6.07 Å². The van der Waals surface area contributed by atoms with E-state index in [1.807, 2.05) is 50.6 Å². The molecule has 0 bridgehead atoms. The van der Waals surface area contributed by atoms with Crippen molar-refractivity contribution in [2.45, 2.75) is 19.4 Å². The normalized spacial score (nSPS) is 12.1. The molecule has 0 amide bonds. The second-order valence-electron chi connectivity index (χ2n) is 5.76. The summed E-state index contributed by atoms with van der Waals surface area (Å²) >= 11 is 0. The number of nitrogens with zero attached hydrogens (tertiary/aromatic N) is 3. The number of benzene rings is 1. The van der Waals surface area contributed by atoms with Crippen molar-refractivity contribution in [2.24, 2.45) is 12.0 Å². The van der Waals surface area contributed by atoms with E-state index in [0.717, 1.165) is 30.4 Å². The second kappa shape index (κ2) is 11.6. The number of aryl methyl sites for hydroxylation is 1. The molecule has 0 aliphatic rings. The van der Waals surface area contributed by atoms with Crippen molar-refractivity contribution in [2.75, 3.05) is 27.2 Å². The smallest absolute Gasteiger partial charge is 0.191 e. The van der Waals surface area contributed by atoms with Crippen LogP contribution in [0, 0.1) is 0 Å². The summed E-state index contributed by atoms with van der Waals surface area (Å²) in [6.45, 7) is 3.44. The van der Waals surface area contributed by atoms with Crippen molar-refractivity contribution >= 4 is 29.9 Å². The van der Waals surface area contributed by atoms with Crippen molar-refractivity contribution < 1.29 is 9.47 Å². The maximum Gasteiger partial charge on any atom is 0.191 e. The molecule has 0 saturated heterocycles. The van der Waals surface area contributed by atoms with E-state index in [-0.39, 0.29) is 30.1 Å². The van der Waals surface area contributed by atoms with E-state index in [4.69, 9.17) is 9.47 Å². The minimum Gasteiger partial charge on any atom is -0.497 e. The predicted octanol–water partition coefficient (Wildman–Crippen LogP) is 2.22. The zero-order valence-electron chi connectivity index (χ0n) is 15.7. The highest BCUT2D eigenvalue weighted by Gasteiger charge is 2.06. The van der Waals surface area contributed by atoms with Crippen LogP contribution in [0.1, 0.15) is 12.5 Å². The lowest BCUT2D eigenvalue weighted by atomic mass is 10.2. The fourth-order valence-corrected chi connectivity index (χ4v) is 2.34. The minimum atomic E-state index is -0.0102. The highest BCUT2D eigenvalue weighted by Crippen LogP contribution is 2.19. The quantitative estimate of drug-likeness (QED) is 0.350. The Hall–Kier alpha value is -1.97. The summed E-state index contributed by atoms with van der Waals surface area (Å²) in [6, 6.07) is 7.59. The van der Waals surface area contributed by atoms with E-state index in [9.17, 15) is 0 Å². The van der Waals surface area contributed by atoms with Crippen LogP contribution in [-0.4, -0.2) is 49.1 Å². The Morgan fingerprint density at radius 3 is 2.73 bits per heavy atom. The molecule has 1 heterocycles. The van der Waals surface area contributed by atoms with E-state index in [0.29, 0.717) is 6.54 Å². The first-order chi connectivity index (χ1) is 12.1. The standard InChI is InChI=1S/C18H27N5O2.HI/c1-14(25-17-7-5-6-16(10-17)24-4)11-21-18(19-2)20-9-8-15-12-22-23(3)13-15;/h5-7,10,12-14H,8-9,11H2,1-4H3,(H2,19,20,21);1H. The molecule has 0 aliphatic heterocycles. The van der Waals surface area contributed by atoms with Crippen LogP contribution < -0.4 is 20.1 Å². The third kappa shape index (κ3) is 7.51. The molecule has 0 spiro atoms. The zero-order chi connectivity index (χ0) is 18.1. The van der Waals surface area contributed by atoms with Gasteiger partial charge in [-0.05, 0) is 31.0 Å². The van der Waals surface area contributed by atoms with Crippen molar-refractivity contribution in [3.05, 3.63) is 42.2 Å². The van der Waals surface area contributed by atoms with Crippen LogP contribution in [0.25, 0.3) is 0 Å². The molecule has 2 N–H and O–H groups in total. The minimum absolute atomic E-state index is 0. The van der Waals surface area contributed by atoms with Crippen molar-refractivity contribution in [3.8, 4) is 11.5 Å². The van der Waals surface area contributed by atoms with E-state index in [1.165, 1.54) is 5.56 Å². The average molecular weight is 473 g/mol. The van der Waals surface area contributed by atoms with Gasteiger partial charge in [-0.3, -0.25) is 9.67 Å². The van der Waals surface area contributed by atoms with Gasteiger partial charge in [0.15, 0.2) is 5.96 Å². The largest absolute Gasteiger partial charge is 0.497 e. The monoisotopic (exact) mass is 473 g/mol. The molecule has 1 aromatic carbocycles. The van der Waals surface area contributed by atoms with Crippen molar-refractivity contribution in [1.29, 1.82) is 0 Å². The molecule has 7 nitrogen and oxygen atoms in total. The van der Waals surface area contributed by atoms with Gasteiger partial charge in [0.1, 0.15) is 17.6 Å². The summed E-state index contributed by atoms with van der Waals surface area (Å²) in [4.78, 5) is 4.23. The Morgan fingerprint density at radius 1 is 1.31 bits per heavy atom. The molecule has 8 heteroatoms. The number of guanidine groups is 1. The lowest BCUT2D eigenvalue weighted by molar-refractivity contribution is 0.223. The number of hydrogen-bond acceptors (Lipinski definition) is 4. The third-order valence-corrected chi connectivity index (χ3v) is 3.62. The maximum atomic E-state index is 5.89. The van der Waals surface area contributed by atoms with Gasteiger partial charge in [0.2, 0.25) is 0 Å². The van der Waals surface area contributed by atoms with Gasteiger partial charge >= 0.3 is 0 Å². The molecule has 2 rings (SSSR count). The molecule has 144 valence electrons. The summed E-state index contributed by atoms with van der Waals surface area (Å²) in [6.07, 6.45) is 4.78. The SMILES string of the molecule is CN=C(NCCc1cnn(C)c1)NCC(C)Oc1cccc(OC)c1.I. The van der Waals surface area contributed by atoms with Crippen molar-refractivity contribution in [1.82, 2.24) is 20.4 Å². The summed E-state index contributed by atoms with van der Waals surface area (Å²) < 4.78 is 12.9. The Bertz CT molecular complexity index is 690. The van der Waals surface area contributed by atoms with Gasteiger partial charge in [0, 0.05) is 32.9 Å². The van der Waals surface area contributed by atoms with E-state index in [2.05, 4.69) is 20.7 Å². The molecular weight excluding hydrogens is 445 g/mol. The van der Waals surface area contributed by atoms with Crippen LogP contribution in [0.5, 0.6) is 11.5 Å². The Balaban J connectivity index is 0.00000338. The summed E-state index contributed by atoms with van der Waals surface area (Å²) in [5, 5.41) is 10.7.